The first-order valence-electron chi connectivity index (χ1n) is 11.1. The van der Waals surface area contributed by atoms with Gasteiger partial charge in [-0.25, -0.2) is 8.60 Å². The maximum Gasteiger partial charge on any atom is 0.138 e. The maximum absolute atomic E-state index is 13.2. The number of aryl methyl sites for hydroxylation is 1. The Morgan fingerprint density at radius 3 is 2.72 bits per heavy atom. The van der Waals surface area contributed by atoms with Crippen LogP contribution in [0.25, 0.3) is 17.3 Å². The Morgan fingerprint density at radius 1 is 1.34 bits per heavy atom. The minimum atomic E-state index is -1.12. The van der Waals surface area contributed by atoms with Gasteiger partial charge >= 0.3 is 0 Å². The van der Waals surface area contributed by atoms with E-state index in [2.05, 4.69) is 16.4 Å². The summed E-state index contributed by atoms with van der Waals surface area (Å²) in [4.78, 5) is 0. The summed E-state index contributed by atoms with van der Waals surface area (Å²) < 4.78 is 31.4. The fourth-order valence-corrected chi connectivity index (χ4v) is 4.82. The summed E-state index contributed by atoms with van der Waals surface area (Å²) in [7, 11) is 0.756. The highest BCUT2D eigenvalue weighted by atomic mass is 35.5. The van der Waals surface area contributed by atoms with E-state index in [1.54, 1.807) is 16.8 Å². The summed E-state index contributed by atoms with van der Waals surface area (Å²) in [5.74, 6) is 1.13. The van der Waals surface area contributed by atoms with E-state index >= 15 is 0 Å². The molecular weight excluding hydrogens is 445 g/mol. The number of halogens is 2. The number of rotatable bonds is 7. The molecule has 32 heavy (non-hydrogen) atoms. The highest BCUT2D eigenvalue weighted by Crippen LogP contribution is 2.33. The van der Waals surface area contributed by atoms with Gasteiger partial charge in [-0.2, -0.15) is 9.50 Å². The topological polar surface area (TPSA) is 47.2 Å². The van der Waals surface area contributed by atoms with Crippen molar-refractivity contribution in [3.8, 4) is 11.3 Å². The molecular formula is C25H31ClFN3OS. The molecule has 0 N–H and O–H groups in total. The predicted octanol–water partition coefficient (Wildman–Crippen LogP) is 6.70. The second kappa shape index (κ2) is 11.2. The summed E-state index contributed by atoms with van der Waals surface area (Å²) in [5.41, 5.74) is 4.81. The fourth-order valence-electron chi connectivity index (χ4n) is 4.03. The number of nitrogens with zero attached hydrogens (tertiary/aromatic N) is 3. The van der Waals surface area contributed by atoms with Crippen LogP contribution in [0.15, 0.2) is 51.4 Å². The average molecular weight is 476 g/mol. The monoisotopic (exact) mass is 475 g/mol. The largest absolute Gasteiger partial charge is 0.267 e. The van der Waals surface area contributed by atoms with Crippen LogP contribution in [-0.2, 0) is 18.0 Å². The third-order valence-electron chi connectivity index (χ3n) is 5.99. The molecule has 3 atom stereocenters. The molecule has 0 aliphatic heterocycles. The molecule has 1 heterocycles. The third kappa shape index (κ3) is 6.48. The van der Waals surface area contributed by atoms with Crippen LogP contribution in [0, 0.1) is 17.7 Å². The van der Waals surface area contributed by atoms with Gasteiger partial charge in [0.25, 0.3) is 0 Å². The molecule has 1 aliphatic rings. The average Bonchev–Trinajstić information content (AvgIpc) is 3.14. The number of benzene rings is 1. The van der Waals surface area contributed by atoms with Gasteiger partial charge in [-0.05, 0) is 92.0 Å². The van der Waals surface area contributed by atoms with Crippen LogP contribution in [0.5, 0.6) is 0 Å². The Labute approximate surface area is 197 Å². The van der Waals surface area contributed by atoms with Crippen molar-refractivity contribution in [2.24, 2.45) is 23.3 Å². The molecule has 1 aliphatic carbocycles. The van der Waals surface area contributed by atoms with Crippen LogP contribution in [-0.4, -0.2) is 25.5 Å². The minimum Gasteiger partial charge on any atom is -0.267 e. The minimum absolute atomic E-state index is 0.255. The van der Waals surface area contributed by atoms with E-state index in [4.69, 9.17) is 11.6 Å². The van der Waals surface area contributed by atoms with E-state index in [1.165, 1.54) is 12.1 Å². The molecule has 1 fully saturated rings. The molecule has 3 rings (SSSR count). The Kier molecular flexibility index (Phi) is 8.60. The first-order chi connectivity index (χ1) is 15.3. The lowest BCUT2D eigenvalue weighted by molar-refractivity contribution is 0.415. The van der Waals surface area contributed by atoms with Gasteiger partial charge in [-0.3, -0.25) is 4.68 Å². The van der Waals surface area contributed by atoms with Crippen LogP contribution in [0.1, 0.15) is 52.1 Å². The zero-order valence-electron chi connectivity index (χ0n) is 19.1. The van der Waals surface area contributed by atoms with Gasteiger partial charge in [-0.15, -0.1) is 0 Å². The van der Waals surface area contributed by atoms with Crippen molar-refractivity contribution in [3.63, 3.8) is 0 Å². The van der Waals surface area contributed by atoms with Crippen molar-refractivity contribution in [1.29, 1.82) is 0 Å². The quantitative estimate of drug-likeness (QED) is 0.418. The van der Waals surface area contributed by atoms with Gasteiger partial charge in [-0.1, -0.05) is 31.5 Å². The molecule has 1 unspecified atom stereocenters. The molecule has 7 heteroatoms. The number of aromatic nitrogens is 2. The zero-order valence-corrected chi connectivity index (χ0v) is 20.7. The Bertz CT molecular complexity index is 1050. The number of allylic oxidation sites excluding steroid dienone is 3. The molecule has 2 aromatic rings. The molecule has 1 aromatic carbocycles. The van der Waals surface area contributed by atoms with Gasteiger partial charge in [0.2, 0.25) is 0 Å². The SMILES string of the molecule is CCS(=O)/N=C1\C[C@@H](CC(/C=C/c2cc(-c3ccc(F)cc3)n(C)n2)=C(\C)Cl)CC[C@H]1C. The third-order valence-corrected chi connectivity index (χ3v) is 7.16. The van der Waals surface area contributed by atoms with Crippen LogP contribution in [0.4, 0.5) is 4.39 Å². The fraction of sp³-hybridized carbons (Fsp3) is 0.440. The Balaban J connectivity index is 1.73. The van der Waals surface area contributed by atoms with Gasteiger partial charge < -0.3 is 0 Å². The molecule has 1 saturated carbocycles. The van der Waals surface area contributed by atoms with E-state index in [9.17, 15) is 8.60 Å². The Hall–Kier alpha value is -2.05. The van der Waals surface area contributed by atoms with E-state index in [0.29, 0.717) is 17.6 Å². The van der Waals surface area contributed by atoms with Gasteiger partial charge in [0.1, 0.15) is 16.8 Å². The lowest BCUT2D eigenvalue weighted by Crippen LogP contribution is -2.24. The molecule has 0 spiro atoms. The van der Waals surface area contributed by atoms with E-state index in [-0.39, 0.29) is 5.82 Å². The number of hydrogen-bond acceptors (Lipinski definition) is 2. The standard InChI is InChI=1S/C25H31ClFN3OS/c1-5-32(31)29-24-15-19(7-6-17(24)2)14-21(18(3)26)10-13-23-16-25(30(4)28-23)20-8-11-22(27)12-9-20/h8-13,16-17,19H,5-7,14-15H2,1-4H3/b13-10+,21-18+,29-24+/t17-,19-,32?/m1/s1. The lowest BCUT2D eigenvalue weighted by Gasteiger charge is -2.28. The zero-order chi connectivity index (χ0) is 23.3. The van der Waals surface area contributed by atoms with Crippen LogP contribution < -0.4 is 0 Å². The molecule has 0 amide bonds. The smallest absolute Gasteiger partial charge is 0.138 e. The van der Waals surface area contributed by atoms with Crippen LogP contribution in [0.3, 0.4) is 0 Å². The van der Waals surface area contributed by atoms with Crippen LogP contribution >= 0.6 is 11.6 Å². The molecule has 4 nitrogen and oxygen atoms in total. The second-order valence-corrected chi connectivity index (χ2v) is 10.4. The molecule has 172 valence electrons. The van der Waals surface area contributed by atoms with Crippen molar-refractivity contribution in [1.82, 2.24) is 9.78 Å². The first-order valence-corrected chi connectivity index (χ1v) is 12.7. The van der Waals surface area contributed by atoms with E-state index in [1.807, 2.05) is 39.1 Å². The Morgan fingerprint density at radius 2 is 2.06 bits per heavy atom. The van der Waals surface area contributed by atoms with Crippen molar-refractivity contribution >= 4 is 34.4 Å². The van der Waals surface area contributed by atoms with Gasteiger partial charge in [0.15, 0.2) is 0 Å². The summed E-state index contributed by atoms with van der Waals surface area (Å²) in [6.45, 7) is 5.98. The van der Waals surface area contributed by atoms with Crippen molar-refractivity contribution < 1.29 is 8.60 Å². The van der Waals surface area contributed by atoms with Gasteiger partial charge in [0, 0.05) is 23.5 Å². The summed E-state index contributed by atoms with van der Waals surface area (Å²) in [6.07, 6.45) is 7.91. The number of hydrogen-bond donors (Lipinski definition) is 0. The van der Waals surface area contributed by atoms with Crippen molar-refractivity contribution in [3.05, 3.63) is 58.5 Å². The molecule has 0 radical (unpaired) electrons. The molecule has 1 aromatic heterocycles. The summed E-state index contributed by atoms with van der Waals surface area (Å²) in [5, 5.41) is 5.34. The van der Waals surface area contributed by atoms with E-state index < -0.39 is 11.0 Å². The highest BCUT2D eigenvalue weighted by molar-refractivity contribution is 7.83. The van der Waals surface area contributed by atoms with Crippen molar-refractivity contribution in [2.45, 2.75) is 46.5 Å². The normalized spacial score (nSPS) is 22.4. The highest BCUT2D eigenvalue weighted by Gasteiger charge is 2.25. The molecule has 0 saturated heterocycles. The maximum atomic E-state index is 13.2. The van der Waals surface area contributed by atoms with Crippen molar-refractivity contribution in [2.75, 3.05) is 5.75 Å². The summed E-state index contributed by atoms with van der Waals surface area (Å²) in [6, 6.07) is 8.40. The lowest BCUT2D eigenvalue weighted by atomic mass is 9.78. The second-order valence-electron chi connectivity index (χ2n) is 8.42. The van der Waals surface area contributed by atoms with Gasteiger partial charge in [0.05, 0.1) is 11.4 Å². The van der Waals surface area contributed by atoms with Crippen LogP contribution in [0.2, 0.25) is 0 Å². The predicted molar refractivity (Wildman–Crippen MR) is 133 cm³/mol. The summed E-state index contributed by atoms with van der Waals surface area (Å²) >= 11 is 6.44. The first kappa shape index (κ1) is 24.6. The van der Waals surface area contributed by atoms with E-state index in [0.717, 1.165) is 59.0 Å². The molecule has 0 bridgehead atoms.